The highest BCUT2D eigenvalue weighted by Gasteiger charge is 2.17. The zero-order chi connectivity index (χ0) is 17.9. The van der Waals surface area contributed by atoms with Gasteiger partial charge in [-0.3, -0.25) is 9.59 Å². The third-order valence-electron chi connectivity index (χ3n) is 3.56. The van der Waals surface area contributed by atoms with E-state index in [1.807, 2.05) is 32.0 Å². The Morgan fingerprint density at radius 2 is 1.88 bits per heavy atom. The Labute approximate surface area is 145 Å². The fourth-order valence-corrected chi connectivity index (χ4v) is 2.42. The van der Waals surface area contributed by atoms with Crippen molar-refractivity contribution in [1.29, 1.82) is 0 Å². The van der Waals surface area contributed by atoms with Crippen molar-refractivity contribution in [2.24, 2.45) is 0 Å². The van der Waals surface area contributed by atoms with Crippen LogP contribution in [0.3, 0.4) is 0 Å². The van der Waals surface area contributed by atoms with Gasteiger partial charge in [0.25, 0.3) is 0 Å². The van der Waals surface area contributed by atoms with Crippen molar-refractivity contribution in [3.05, 3.63) is 58.4 Å². The second kappa shape index (κ2) is 7.45. The van der Waals surface area contributed by atoms with E-state index in [0.29, 0.717) is 11.4 Å². The molecular weight excluding hydrogens is 331 g/mol. The Kier molecular flexibility index (Phi) is 5.57. The Hall–Kier alpha value is -2.40. The summed E-state index contributed by atoms with van der Waals surface area (Å²) in [6, 6.07) is 9.62. The summed E-state index contributed by atoms with van der Waals surface area (Å²) in [7, 11) is 0. The second-order valence-corrected chi connectivity index (χ2v) is 5.98. The van der Waals surface area contributed by atoms with E-state index in [0.717, 1.165) is 17.2 Å². The minimum atomic E-state index is -0.580. The van der Waals surface area contributed by atoms with Crippen LogP contribution in [0.2, 0.25) is 5.02 Å². The van der Waals surface area contributed by atoms with Crippen molar-refractivity contribution in [1.82, 2.24) is 0 Å². The standard InChI is InChI=1S/C18H18ClFN2O2/c1-11-4-5-12(2)17(8-11)21-18(24)10-22(13(3)23)14-6-7-16(20)15(19)9-14/h4-9H,10H2,1-3H3,(H,21,24). The van der Waals surface area contributed by atoms with E-state index in [-0.39, 0.29) is 23.4 Å². The molecule has 0 aliphatic carbocycles. The van der Waals surface area contributed by atoms with Gasteiger partial charge in [-0.2, -0.15) is 0 Å². The van der Waals surface area contributed by atoms with E-state index in [1.54, 1.807) is 0 Å². The summed E-state index contributed by atoms with van der Waals surface area (Å²) in [5.74, 6) is -1.27. The van der Waals surface area contributed by atoms with Crippen molar-refractivity contribution in [2.45, 2.75) is 20.8 Å². The Morgan fingerprint density at radius 3 is 2.50 bits per heavy atom. The lowest BCUT2D eigenvalue weighted by Crippen LogP contribution is -2.36. The minimum absolute atomic E-state index is 0.103. The van der Waals surface area contributed by atoms with E-state index >= 15 is 0 Å². The number of benzene rings is 2. The lowest BCUT2D eigenvalue weighted by Gasteiger charge is -2.21. The minimum Gasteiger partial charge on any atom is -0.324 e. The molecule has 0 aromatic heterocycles. The number of halogens is 2. The lowest BCUT2D eigenvalue weighted by molar-refractivity contribution is -0.120. The lowest BCUT2D eigenvalue weighted by atomic mass is 10.1. The highest BCUT2D eigenvalue weighted by molar-refractivity contribution is 6.31. The van der Waals surface area contributed by atoms with Crippen LogP contribution < -0.4 is 10.2 Å². The number of hydrogen-bond acceptors (Lipinski definition) is 2. The molecule has 0 aliphatic rings. The molecule has 0 saturated heterocycles. The highest BCUT2D eigenvalue weighted by Crippen LogP contribution is 2.23. The molecule has 0 unspecified atom stereocenters. The first-order chi connectivity index (χ1) is 11.3. The van der Waals surface area contributed by atoms with Gasteiger partial charge >= 0.3 is 0 Å². The fourth-order valence-electron chi connectivity index (χ4n) is 2.24. The van der Waals surface area contributed by atoms with Crippen molar-refractivity contribution >= 4 is 34.8 Å². The summed E-state index contributed by atoms with van der Waals surface area (Å²) in [6.45, 7) is 4.96. The number of nitrogens with zero attached hydrogens (tertiary/aromatic N) is 1. The molecule has 2 aromatic rings. The summed E-state index contributed by atoms with van der Waals surface area (Å²) >= 11 is 5.75. The maximum absolute atomic E-state index is 13.3. The van der Waals surface area contributed by atoms with Crippen molar-refractivity contribution in [3.8, 4) is 0 Å². The third-order valence-corrected chi connectivity index (χ3v) is 3.85. The van der Waals surface area contributed by atoms with Gasteiger partial charge in [0.1, 0.15) is 12.4 Å². The molecule has 0 spiro atoms. The van der Waals surface area contributed by atoms with Crippen molar-refractivity contribution in [2.75, 3.05) is 16.8 Å². The molecule has 24 heavy (non-hydrogen) atoms. The molecule has 2 amide bonds. The number of nitrogens with one attached hydrogen (secondary N) is 1. The summed E-state index contributed by atoms with van der Waals surface area (Å²) in [4.78, 5) is 25.4. The van der Waals surface area contributed by atoms with Gasteiger partial charge in [0.2, 0.25) is 11.8 Å². The molecule has 0 aliphatic heterocycles. The molecule has 6 heteroatoms. The van der Waals surface area contributed by atoms with E-state index in [9.17, 15) is 14.0 Å². The molecule has 2 aromatic carbocycles. The zero-order valence-electron chi connectivity index (χ0n) is 13.7. The van der Waals surface area contributed by atoms with Crippen LogP contribution in [-0.2, 0) is 9.59 Å². The van der Waals surface area contributed by atoms with Gasteiger partial charge in [0.05, 0.1) is 5.02 Å². The molecule has 0 fully saturated rings. The van der Waals surface area contributed by atoms with Crippen LogP contribution >= 0.6 is 11.6 Å². The Balaban J connectivity index is 2.18. The molecular formula is C18H18ClFN2O2. The maximum Gasteiger partial charge on any atom is 0.244 e. The topological polar surface area (TPSA) is 49.4 Å². The van der Waals surface area contributed by atoms with Crippen molar-refractivity contribution in [3.63, 3.8) is 0 Å². The molecule has 0 heterocycles. The Bertz CT molecular complexity index is 793. The molecule has 0 radical (unpaired) electrons. The second-order valence-electron chi connectivity index (χ2n) is 5.57. The number of carbonyl (C=O) groups excluding carboxylic acids is 2. The molecule has 0 saturated carbocycles. The summed E-state index contributed by atoms with van der Waals surface area (Å²) in [5.41, 5.74) is 3.00. The van der Waals surface area contributed by atoms with Crippen LogP contribution in [0.25, 0.3) is 0 Å². The molecule has 0 bridgehead atoms. The van der Waals surface area contributed by atoms with Gasteiger partial charge in [0.15, 0.2) is 0 Å². The number of anilines is 2. The summed E-state index contributed by atoms with van der Waals surface area (Å²) < 4.78 is 13.3. The largest absolute Gasteiger partial charge is 0.324 e. The predicted octanol–water partition coefficient (Wildman–Crippen LogP) is 4.09. The average molecular weight is 349 g/mol. The van der Waals surface area contributed by atoms with Crippen molar-refractivity contribution < 1.29 is 14.0 Å². The van der Waals surface area contributed by atoms with Crippen LogP contribution in [0.15, 0.2) is 36.4 Å². The zero-order valence-corrected chi connectivity index (χ0v) is 14.4. The van der Waals surface area contributed by atoms with Gasteiger partial charge in [-0.25, -0.2) is 4.39 Å². The first kappa shape index (κ1) is 17.9. The SMILES string of the molecule is CC(=O)N(CC(=O)Nc1cc(C)ccc1C)c1ccc(F)c(Cl)c1. The van der Waals surface area contributed by atoms with E-state index in [4.69, 9.17) is 11.6 Å². The summed E-state index contributed by atoms with van der Waals surface area (Å²) in [6.07, 6.45) is 0. The quantitative estimate of drug-likeness (QED) is 0.904. The van der Waals surface area contributed by atoms with Crippen LogP contribution in [0.5, 0.6) is 0 Å². The van der Waals surface area contributed by atoms with E-state index < -0.39 is 5.82 Å². The first-order valence-electron chi connectivity index (χ1n) is 7.38. The smallest absolute Gasteiger partial charge is 0.244 e. The normalized spacial score (nSPS) is 10.4. The molecule has 0 atom stereocenters. The molecule has 2 rings (SSSR count). The highest BCUT2D eigenvalue weighted by atomic mass is 35.5. The first-order valence-corrected chi connectivity index (χ1v) is 7.76. The predicted molar refractivity (Wildman–Crippen MR) is 94.0 cm³/mol. The molecule has 4 nitrogen and oxygen atoms in total. The monoisotopic (exact) mass is 348 g/mol. The average Bonchev–Trinajstić information content (AvgIpc) is 2.51. The van der Waals surface area contributed by atoms with Gasteiger partial charge in [-0.15, -0.1) is 0 Å². The van der Waals surface area contributed by atoms with Gasteiger partial charge in [-0.1, -0.05) is 23.7 Å². The van der Waals surface area contributed by atoms with Gasteiger partial charge < -0.3 is 10.2 Å². The number of hydrogen-bond donors (Lipinski definition) is 1. The fraction of sp³-hybridized carbons (Fsp3) is 0.222. The number of rotatable bonds is 4. The van der Waals surface area contributed by atoms with E-state index in [1.165, 1.54) is 24.0 Å². The van der Waals surface area contributed by atoms with Crippen LogP contribution in [-0.4, -0.2) is 18.4 Å². The van der Waals surface area contributed by atoms with Crippen LogP contribution in [0.4, 0.5) is 15.8 Å². The summed E-state index contributed by atoms with van der Waals surface area (Å²) in [5, 5.41) is 2.69. The number of aryl methyl sites for hydroxylation is 2. The van der Waals surface area contributed by atoms with E-state index in [2.05, 4.69) is 5.32 Å². The molecule has 1 N–H and O–H groups in total. The third kappa shape index (κ3) is 4.32. The maximum atomic E-state index is 13.3. The Morgan fingerprint density at radius 1 is 1.17 bits per heavy atom. The number of carbonyl (C=O) groups is 2. The van der Waals surface area contributed by atoms with Gasteiger partial charge in [0, 0.05) is 18.3 Å². The molecule has 126 valence electrons. The number of amides is 2. The van der Waals surface area contributed by atoms with Gasteiger partial charge in [-0.05, 0) is 49.2 Å². The van der Waals surface area contributed by atoms with Crippen LogP contribution in [0, 0.1) is 19.7 Å². The van der Waals surface area contributed by atoms with Crippen LogP contribution in [0.1, 0.15) is 18.1 Å².